The van der Waals surface area contributed by atoms with Gasteiger partial charge in [0.15, 0.2) is 5.69 Å². The molecule has 1 heterocycles. The molecule has 1 unspecified atom stereocenters. The molecule has 1 aromatic rings. The molecule has 2 nitrogen and oxygen atoms in total. The van der Waals surface area contributed by atoms with E-state index in [1.807, 2.05) is 20.8 Å². The number of rotatable bonds is 3. The molecule has 0 spiro atoms. The third-order valence-electron chi connectivity index (χ3n) is 2.21. The normalized spacial score (nSPS) is 14.1. The fourth-order valence-corrected chi connectivity index (χ4v) is 2.13. The summed E-state index contributed by atoms with van der Waals surface area (Å²) in [5, 5.41) is 0.0267. The highest BCUT2D eigenvalue weighted by Crippen LogP contribution is 2.33. The third kappa shape index (κ3) is 4.35. The van der Waals surface area contributed by atoms with Crippen LogP contribution in [0.4, 0.5) is 13.2 Å². The Labute approximate surface area is 107 Å². The zero-order chi connectivity index (χ0) is 13.2. The molecule has 0 saturated heterocycles. The van der Waals surface area contributed by atoms with Gasteiger partial charge in [0.1, 0.15) is 5.03 Å². The number of aromatic nitrogens is 2. The lowest BCUT2D eigenvalue weighted by Crippen LogP contribution is -2.11. The summed E-state index contributed by atoms with van der Waals surface area (Å²) < 4.78 is 37.5. The van der Waals surface area contributed by atoms with E-state index in [2.05, 4.69) is 9.97 Å². The van der Waals surface area contributed by atoms with Crippen molar-refractivity contribution in [3.8, 4) is 0 Å². The van der Waals surface area contributed by atoms with Gasteiger partial charge in [-0.15, -0.1) is 11.8 Å². The molecule has 0 radical (unpaired) electrons. The van der Waals surface area contributed by atoms with Crippen LogP contribution in [0.15, 0.2) is 11.1 Å². The Morgan fingerprint density at radius 2 is 1.82 bits per heavy atom. The van der Waals surface area contributed by atoms with Crippen molar-refractivity contribution in [1.29, 1.82) is 0 Å². The number of hydrogen-bond donors (Lipinski definition) is 0. The van der Waals surface area contributed by atoms with Crippen LogP contribution in [-0.2, 0) is 6.18 Å². The van der Waals surface area contributed by atoms with Crippen molar-refractivity contribution in [3.63, 3.8) is 0 Å². The van der Waals surface area contributed by atoms with Gasteiger partial charge in [-0.1, -0.05) is 20.8 Å². The molecular formula is C10H12ClF3N2S. The Kier molecular flexibility index (Phi) is 4.66. The van der Waals surface area contributed by atoms with E-state index in [4.69, 9.17) is 11.6 Å². The summed E-state index contributed by atoms with van der Waals surface area (Å²) in [6.07, 6.45) is -4.50. The van der Waals surface area contributed by atoms with E-state index in [-0.39, 0.29) is 15.6 Å². The lowest BCUT2D eigenvalue weighted by Gasteiger charge is -2.15. The SMILES string of the molecule is CC(C)C(C)Sc1cc(C(F)(F)F)nc(Cl)n1. The topological polar surface area (TPSA) is 25.8 Å². The molecule has 0 fully saturated rings. The zero-order valence-electron chi connectivity index (χ0n) is 9.55. The van der Waals surface area contributed by atoms with E-state index < -0.39 is 11.9 Å². The first-order chi connectivity index (χ1) is 7.70. The van der Waals surface area contributed by atoms with Gasteiger partial charge in [0, 0.05) is 11.3 Å². The Bertz CT molecular complexity index is 396. The van der Waals surface area contributed by atoms with Crippen LogP contribution in [0.2, 0.25) is 5.28 Å². The van der Waals surface area contributed by atoms with E-state index in [0.29, 0.717) is 5.92 Å². The van der Waals surface area contributed by atoms with Crippen molar-refractivity contribution in [2.24, 2.45) is 5.92 Å². The number of hydrogen-bond acceptors (Lipinski definition) is 3. The van der Waals surface area contributed by atoms with Gasteiger partial charge in [0.2, 0.25) is 5.28 Å². The minimum atomic E-state index is -4.50. The zero-order valence-corrected chi connectivity index (χ0v) is 11.1. The second kappa shape index (κ2) is 5.44. The first-order valence-electron chi connectivity index (χ1n) is 4.98. The second-order valence-corrected chi connectivity index (χ2v) is 5.66. The van der Waals surface area contributed by atoms with Gasteiger partial charge in [-0.2, -0.15) is 13.2 Å². The average Bonchev–Trinajstić information content (AvgIpc) is 2.15. The van der Waals surface area contributed by atoms with Crippen molar-refractivity contribution in [2.75, 3.05) is 0 Å². The van der Waals surface area contributed by atoms with Crippen LogP contribution in [0.5, 0.6) is 0 Å². The van der Waals surface area contributed by atoms with Crippen LogP contribution >= 0.6 is 23.4 Å². The van der Waals surface area contributed by atoms with Gasteiger partial charge in [0.05, 0.1) is 0 Å². The standard InChI is InChI=1S/C10H12ClF3N2S/c1-5(2)6(3)17-8-4-7(10(12,13)14)15-9(11)16-8/h4-6H,1-3H3. The predicted octanol–water partition coefficient (Wildman–Crippen LogP) is 4.29. The van der Waals surface area contributed by atoms with Gasteiger partial charge in [-0.25, -0.2) is 9.97 Å². The molecule has 1 atom stereocenters. The average molecular weight is 285 g/mol. The monoisotopic (exact) mass is 284 g/mol. The largest absolute Gasteiger partial charge is 0.433 e. The fourth-order valence-electron chi connectivity index (χ4n) is 0.929. The van der Waals surface area contributed by atoms with E-state index in [9.17, 15) is 13.2 Å². The number of halogens is 4. The lowest BCUT2D eigenvalue weighted by atomic mass is 10.2. The van der Waals surface area contributed by atoms with Crippen LogP contribution in [0.3, 0.4) is 0 Å². The van der Waals surface area contributed by atoms with Gasteiger partial charge in [0.25, 0.3) is 0 Å². The minimum absolute atomic E-state index is 0.155. The van der Waals surface area contributed by atoms with Crippen LogP contribution in [-0.4, -0.2) is 15.2 Å². The molecule has 96 valence electrons. The maximum Gasteiger partial charge on any atom is 0.433 e. The number of nitrogens with zero attached hydrogens (tertiary/aromatic N) is 2. The van der Waals surface area contributed by atoms with E-state index in [1.165, 1.54) is 11.8 Å². The lowest BCUT2D eigenvalue weighted by molar-refractivity contribution is -0.141. The number of alkyl halides is 3. The molecule has 0 aliphatic rings. The molecule has 0 bridgehead atoms. The molecule has 1 aromatic heterocycles. The third-order valence-corrected chi connectivity index (χ3v) is 3.75. The highest BCUT2D eigenvalue weighted by atomic mass is 35.5. The van der Waals surface area contributed by atoms with Crippen molar-refractivity contribution < 1.29 is 13.2 Å². The van der Waals surface area contributed by atoms with E-state index >= 15 is 0 Å². The van der Waals surface area contributed by atoms with Gasteiger partial charge in [-0.05, 0) is 17.5 Å². The summed E-state index contributed by atoms with van der Waals surface area (Å²) in [4.78, 5) is 6.96. The van der Waals surface area contributed by atoms with Gasteiger partial charge < -0.3 is 0 Å². The molecule has 0 N–H and O–H groups in total. The molecule has 7 heteroatoms. The summed E-state index contributed by atoms with van der Waals surface area (Å²) in [5.41, 5.74) is -1.00. The van der Waals surface area contributed by atoms with Crippen molar-refractivity contribution in [2.45, 2.75) is 37.2 Å². The molecule has 0 amide bonds. The Hall–Kier alpha value is -0.490. The summed E-state index contributed by atoms with van der Waals surface area (Å²) in [7, 11) is 0. The highest BCUT2D eigenvalue weighted by Gasteiger charge is 2.33. The fraction of sp³-hybridized carbons (Fsp3) is 0.600. The molecule has 0 saturated carbocycles. The summed E-state index contributed by atoms with van der Waals surface area (Å²) in [6, 6.07) is 0.926. The highest BCUT2D eigenvalue weighted by molar-refractivity contribution is 7.99. The Morgan fingerprint density at radius 1 is 1.24 bits per heavy atom. The van der Waals surface area contributed by atoms with Crippen molar-refractivity contribution in [1.82, 2.24) is 9.97 Å². The maximum absolute atomic E-state index is 12.5. The predicted molar refractivity (Wildman–Crippen MR) is 62.2 cm³/mol. The van der Waals surface area contributed by atoms with Gasteiger partial charge >= 0.3 is 6.18 Å². The molecule has 0 aromatic carbocycles. The molecule has 17 heavy (non-hydrogen) atoms. The summed E-state index contributed by atoms with van der Waals surface area (Å²) in [5.74, 6) is 0.336. The molecule has 1 rings (SSSR count). The van der Waals surface area contributed by atoms with Crippen molar-refractivity contribution in [3.05, 3.63) is 17.0 Å². The minimum Gasteiger partial charge on any atom is -0.213 e. The van der Waals surface area contributed by atoms with E-state index in [0.717, 1.165) is 6.07 Å². The first-order valence-corrected chi connectivity index (χ1v) is 6.24. The summed E-state index contributed by atoms with van der Waals surface area (Å²) in [6.45, 7) is 5.91. The quantitative estimate of drug-likeness (QED) is 0.470. The molecule has 0 aliphatic heterocycles. The van der Waals surface area contributed by atoms with Crippen LogP contribution in [0.25, 0.3) is 0 Å². The molecular weight excluding hydrogens is 273 g/mol. The summed E-state index contributed by atoms with van der Waals surface area (Å²) >= 11 is 6.74. The van der Waals surface area contributed by atoms with Gasteiger partial charge in [-0.3, -0.25) is 0 Å². The van der Waals surface area contributed by atoms with Crippen LogP contribution in [0.1, 0.15) is 26.5 Å². The first kappa shape index (κ1) is 14.6. The van der Waals surface area contributed by atoms with E-state index in [1.54, 1.807) is 0 Å². The van der Waals surface area contributed by atoms with Crippen LogP contribution < -0.4 is 0 Å². The molecule has 0 aliphatic carbocycles. The van der Waals surface area contributed by atoms with Crippen LogP contribution in [0, 0.1) is 5.92 Å². The maximum atomic E-state index is 12.5. The van der Waals surface area contributed by atoms with Crippen molar-refractivity contribution >= 4 is 23.4 Å². The smallest absolute Gasteiger partial charge is 0.213 e. The Balaban J connectivity index is 2.98. The second-order valence-electron chi connectivity index (χ2n) is 3.93. The number of thioether (sulfide) groups is 1. The Morgan fingerprint density at radius 3 is 2.29 bits per heavy atom.